The Bertz CT molecular complexity index is 554. The molecule has 0 aliphatic heterocycles. The Morgan fingerprint density at radius 1 is 1.33 bits per heavy atom. The first kappa shape index (κ1) is 18.2. The Morgan fingerprint density at radius 2 is 1.95 bits per heavy atom. The lowest BCUT2D eigenvalue weighted by Gasteiger charge is -2.21. The molecule has 0 aromatic carbocycles. The third-order valence-corrected chi connectivity index (χ3v) is 5.05. The van der Waals surface area contributed by atoms with E-state index in [1.54, 1.807) is 6.92 Å². The first-order valence-electron chi connectivity index (χ1n) is 7.55. The molecule has 0 saturated carbocycles. The standard InChI is InChI=1S/C15H29N3O2S/c1-7-21(19,20)9-8-18-14(12(2)3)13(11-17-18)10-16-15(4,5)6/h11-12,16H,7-10H2,1-6H3. The van der Waals surface area contributed by atoms with Crippen LogP contribution in [0.4, 0.5) is 0 Å². The first-order chi connectivity index (χ1) is 9.56. The van der Waals surface area contributed by atoms with Crippen molar-refractivity contribution in [2.45, 2.75) is 66.1 Å². The molecule has 122 valence electrons. The molecular weight excluding hydrogens is 286 g/mol. The largest absolute Gasteiger partial charge is 0.308 e. The van der Waals surface area contributed by atoms with Crippen LogP contribution in [0.5, 0.6) is 0 Å². The van der Waals surface area contributed by atoms with Gasteiger partial charge in [-0.05, 0) is 26.7 Å². The molecule has 21 heavy (non-hydrogen) atoms. The summed E-state index contributed by atoms with van der Waals surface area (Å²) >= 11 is 0. The Balaban J connectivity index is 2.89. The number of aryl methyl sites for hydroxylation is 1. The number of nitrogens with zero attached hydrogens (tertiary/aromatic N) is 2. The molecule has 0 radical (unpaired) electrons. The summed E-state index contributed by atoms with van der Waals surface area (Å²) in [5.74, 6) is 0.648. The summed E-state index contributed by atoms with van der Waals surface area (Å²) in [5.41, 5.74) is 2.31. The van der Waals surface area contributed by atoms with Gasteiger partial charge in [0.05, 0.1) is 18.5 Å². The van der Waals surface area contributed by atoms with Gasteiger partial charge in [-0.25, -0.2) is 8.42 Å². The lowest BCUT2D eigenvalue weighted by Crippen LogP contribution is -2.35. The topological polar surface area (TPSA) is 64.0 Å². The fraction of sp³-hybridized carbons (Fsp3) is 0.800. The van der Waals surface area contributed by atoms with E-state index in [9.17, 15) is 8.42 Å². The van der Waals surface area contributed by atoms with Gasteiger partial charge in [0.1, 0.15) is 0 Å². The summed E-state index contributed by atoms with van der Waals surface area (Å²) < 4.78 is 25.2. The second-order valence-corrected chi connectivity index (χ2v) is 9.25. The van der Waals surface area contributed by atoms with Gasteiger partial charge in [-0.2, -0.15) is 5.10 Å². The summed E-state index contributed by atoms with van der Waals surface area (Å²) in [7, 11) is -2.96. The summed E-state index contributed by atoms with van der Waals surface area (Å²) in [6.45, 7) is 13.5. The van der Waals surface area contributed by atoms with Crippen LogP contribution in [0.1, 0.15) is 58.7 Å². The smallest absolute Gasteiger partial charge is 0.151 e. The van der Waals surface area contributed by atoms with E-state index in [4.69, 9.17) is 0 Å². The van der Waals surface area contributed by atoms with Crippen molar-refractivity contribution in [3.63, 3.8) is 0 Å². The molecule has 1 rings (SSSR count). The second kappa shape index (κ2) is 6.92. The van der Waals surface area contributed by atoms with Gasteiger partial charge in [0.15, 0.2) is 9.84 Å². The van der Waals surface area contributed by atoms with E-state index < -0.39 is 9.84 Å². The molecule has 0 amide bonds. The third kappa shape index (κ3) is 5.79. The number of nitrogens with one attached hydrogen (secondary N) is 1. The summed E-state index contributed by atoms with van der Waals surface area (Å²) in [5, 5.41) is 7.85. The Kier molecular flexibility index (Phi) is 5.99. The monoisotopic (exact) mass is 315 g/mol. The molecule has 0 saturated heterocycles. The summed E-state index contributed by atoms with van der Waals surface area (Å²) in [6.07, 6.45) is 1.85. The zero-order valence-corrected chi connectivity index (χ0v) is 14.9. The normalized spacial score (nSPS) is 13.1. The Morgan fingerprint density at radius 3 is 2.43 bits per heavy atom. The highest BCUT2D eigenvalue weighted by atomic mass is 32.2. The number of rotatable bonds is 7. The van der Waals surface area contributed by atoms with Crippen molar-refractivity contribution in [3.8, 4) is 0 Å². The highest BCUT2D eigenvalue weighted by molar-refractivity contribution is 7.91. The molecule has 6 heteroatoms. The molecule has 0 spiro atoms. The maximum atomic E-state index is 11.7. The minimum absolute atomic E-state index is 0.0436. The molecule has 0 fully saturated rings. The molecule has 0 bridgehead atoms. The minimum atomic E-state index is -2.96. The van der Waals surface area contributed by atoms with Gasteiger partial charge < -0.3 is 5.32 Å². The average molecular weight is 315 g/mol. The van der Waals surface area contributed by atoms with Crippen molar-refractivity contribution in [2.24, 2.45) is 0 Å². The fourth-order valence-electron chi connectivity index (χ4n) is 2.15. The van der Waals surface area contributed by atoms with Gasteiger partial charge in [0.25, 0.3) is 0 Å². The number of hydrogen-bond donors (Lipinski definition) is 1. The van der Waals surface area contributed by atoms with Crippen LogP contribution in [0, 0.1) is 0 Å². The fourth-order valence-corrected chi connectivity index (χ4v) is 2.89. The van der Waals surface area contributed by atoms with Gasteiger partial charge in [0, 0.05) is 29.1 Å². The molecule has 0 aliphatic carbocycles. The zero-order valence-electron chi connectivity index (χ0n) is 14.1. The molecule has 1 aromatic heterocycles. The average Bonchev–Trinajstić information content (AvgIpc) is 2.76. The van der Waals surface area contributed by atoms with Gasteiger partial charge >= 0.3 is 0 Å². The lowest BCUT2D eigenvalue weighted by atomic mass is 10.0. The van der Waals surface area contributed by atoms with Crippen LogP contribution >= 0.6 is 0 Å². The summed E-state index contributed by atoms with van der Waals surface area (Å²) in [4.78, 5) is 0. The molecule has 0 unspecified atom stereocenters. The van der Waals surface area contributed by atoms with Crippen molar-refractivity contribution in [1.29, 1.82) is 0 Å². The molecule has 5 nitrogen and oxygen atoms in total. The van der Waals surface area contributed by atoms with Crippen LogP contribution in [-0.2, 0) is 22.9 Å². The molecule has 0 aliphatic rings. The highest BCUT2D eigenvalue weighted by Gasteiger charge is 2.18. The maximum absolute atomic E-state index is 11.7. The van der Waals surface area contributed by atoms with Gasteiger partial charge in [-0.1, -0.05) is 20.8 Å². The van der Waals surface area contributed by atoms with Crippen LogP contribution in [-0.4, -0.2) is 35.2 Å². The van der Waals surface area contributed by atoms with Crippen molar-refractivity contribution in [3.05, 3.63) is 17.5 Å². The van der Waals surface area contributed by atoms with Crippen LogP contribution in [0.2, 0.25) is 0 Å². The summed E-state index contributed by atoms with van der Waals surface area (Å²) in [6, 6.07) is 0. The van der Waals surface area contributed by atoms with E-state index in [0.717, 1.165) is 17.8 Å². The van der Waals surface area contributed by atoms with E-state index >= 15 is 0 Å². The number of hydrogen-bond acceptors (Lipinski definition) is 4. The van der Waals surface area contributed by atoms with Crippen LogP contribution in [0.3, 0.4) is 0 Å². The van der Waals surface area contributed by atoms with Crippen molar-refractivity contribution < 1.29 is 8.42 Å². The Labute approximate surface area is 129 Å². The van der Waals surface area contributed by atoms with E-state index in [1.807, 2.05) is 10.9 Å². The van der Waals surface area contributed by atoms with Crippen molar-refractivity contribution in [2.75, 3.05) is 11.5 Å². The molecule has 1 aromatic rings. The lowest BCUT2D eigenvalue weighted by molar-refractivity contribution is 0.422. The SMILES string of the molecule is CCS(=O)(=O)CCn1ncc(CNC(C)(C)C)c1C(C)C. The molecule has 1 N–H and O–H groups in total. The highest BCUT2D eigenvalue weighted by Crippen LogP contribution is 2.20. The zero-order chi connectivity index (χ0) is 16.3. The van der Waals surface area contributed by atoms with E-state index in [1.165, 1.54) is 0 Å². The van der Waals surface area contributed by atoms with E-state index in [-0.39, 0.29) is 17.0 Å². The predicted molar refractivity (Wildman–Crippen MR) is 87.2 cm³/mol. The van der Waals surface area contributed by atoms with E-state index in [2.05, 4.69) is 45.0 Å². The van der Waals surface area contributed by atoms with Gasteiger partial charge in [-0.3, -0.25) is 4.68 Å². The van der Waals surface area contributed by atoms with Crippen LogP contribution in [0.25, 0.3) is 0 Å². The quantitative estimate of drug-likeness (QED) is 0.839. The Hall–Kier alpha value is -0.880. The first-order valence-corrected chi connectivity index (χ1v) is 9.38. The molecular formula is C15H29N3O2S. The second-order valence-electron chi connectivity index (χ2n) is 6.77. The number of aromatic nitrogens is 2. The van der Waals surface area contributed by atoms with Crippen molar-refractivity contribution in [1.82, 2.24) is 15.1 Å². The third-order valence-electron chi connectivity index (χ3n) is 3.37. The minimum Gasteiger partial charge on any atom is -0.308 e. The maximum Gasteiger partial charge on any atom is 0.151 e. The van der Waals surface area contributed by atoms with Gasteiger partial charge in [-0.15, -0.1) is 0 Å². The molecule has 1 heterocycles. The van der Waals surface area contributed by atoms with E-state index in [0.29, 0.717) is 12.5 Å². The number of sulfone groups is 1. The predicted octanol–water partition coefficient (Wildman–Crippen LogP) is 2.33. The van der Waals surface area contributed by atoms with Crippen molar-refractivity contribution >= 4 is 9.84 Å². The van der Waals surface area contributed by atoms with Gasteiger partial charge in [0.2, 0.25) is 0 Å². The van der Waals surface area contributed by atoms with Crippen LogP contribution < -0.4 is 5.32 Å². The van der Waals surface area contributed by atoms with Crippen LogP contribution in [0.15, 0.2) is 6.20 Å². The molecule has 0 atom stereocenters.